The molecule has 0 saturated heterocycles. The Morgan fingerprint density at radius 1 is 1.17 bits per heavy atom. The maximum Gasteiger partial charge on any atom is 0.332 e. The van der Waals surface area contributed by atoms with Gasteiger partial charge in [-0.1, -0.05) is 26.7 Å². The van der Waals surface area contributed by atoms with Crippen LogP contribution in [-0.2, 0) is 14.3 Å². The van der Waals surface area contributed by atoms with Crippen molar-refractivity contribution in [3.05, 3.63) is 0 Å². The predicted molar refractivity (Wildman–Crippen MR) is 69.4 cm³/mol. The van der Waals surface area contributed by atoms with Crippen molar-refractivity contribution in [3.63, 3.8) is 0 Å². The van der Waals surface area contributed by atoms with Crippen LogP contribution in [0.2, 0.25) is 0 Å². The van der Waals surface area contributed by atoms with Gasteiger partial charge in [-0.2, -0.15) is 0 Å². The van der Waals surface area contributed by atoms with Crippen molar-refractivity contribution < 1.29 is 19.4 Å². The molecule has 0 radical (unpaired) electrons. The van der Waals surface area contributed by atoms with Gasteiger partial charge in [-0.05, 0) is 19.8 Å². The highest BCUT2D eigenvalue weighted by atomic mass is 16.5. The van der Waals surface area contributed by atoms with E-state index in [1.54, 1.807) is 4.90 Å². The van der Waals surface area contributed by atoms with Gasteiger partial charge in [-0.15, -0.1) is 0 Å². The average molecular weight is 259 g/mol. The van der Waals surface area contributed by atoms with Gasteiger partial charge in [0.1, 0.15) is 6.61 Å². The summed E-state index contributed by atoms with van der Waals surface area (Å²) in [6.07, 6.45) is 3.05. The number of carbonyl (C=O) groups is 2. The number of carbonyl (C=O) groups excluding carboxylic acids is 1. The zero-order valence-corrected chi connectivity index (χ0v) is 11.6. The minimum atomic E-state index is -1.04. The van der Waals surface area contributed by atoms with Crippen LogP contribution in [0.5, 0.6) is 0 Å². The predicted octanol–water partition coefficient (Wildman–Crippen LogP) is 1.90. The molecule has 5 nitrogen and oxygen atoms in total. The van der Waals surface area contributed by atoms with Gasteiger partial charge >= 0.3 is 5.97 Å². The molecule has 0 aromatic rings. The van der Waals surface area contributed by atoms with Crippen LogP contribution < -0.4 is 0 Å². The van der Waals surface area contributed by atoms with Gasteiger partial charge in [0.05, 0.1) is 0 Å². The van der Waals surface area contributed by atoms with E-state index in [2.05, 4.69) is 13.8 Å². The fraction of sp³-hybridized carbons (Fsp3) is 0.846. The Hall–Kier alpha value is -1.10. The van der Waals surface area contributed by atoms with Crippen LogP contribution in [0.4, 0.5) is 0 Å². The Morgan fingerprint density at radius 2 is 1.67 bits per heavy atom. The first-order valence-electron chi connectivity index (χ1n) is 6.65. The first-order chi connectivity index (χ1) is 8.52. The van der Waals surface area contributed by atoms with Crippen LogP contribution >= 0.6 is 0 Å². The Labute approximate surface area is 109 Å². The lowest BCUT2D eigenvalue weighted by atomic mass is 10.2. The molecule has 0 aliphatic heterocycles. The third-order valence-corrected chi connectivity index (χ3v) is 2.72. The monoisotopic (exact) mass is 259 g/mol. The molecule has 18 heavy (non-hydrogen) atoms. The quantitative estimate of drug-likeness (QED) is 0.650. The molecule has 0 aliphatic rings. The molecule has 0 bridgehead atoms. The number of ether oxygens (including phenoxy) is 1. The van der Waals surface area contributed by atoms with Crippen molar-refractivity contribution in [1.29, 1.82) is 0 Å². The van der Waals surface area contributed by atoms with Gasteiger partial charge in [0, 0.05) is 13.1 Å². The average Bonchev–Trinajstić information content (AvgIpc) is 2.35. The number of carboxylic acids is 1. The number of carboxylic acid groups (broad SMARTS) is 1. The van der Waals surface area contributed by atoms with Gasteiger partial charge in [0.2, 0.25) is 5.91 Å². The molecule has 1 N–H and O–H groups in total. The van der Waals surface area contributed by atoms with Crippen LogP contribution in [0.25, 0.3) is 0 Å². The number of unbranched alkanes of at least 4 members (excludes halogenated alkanes) is 2. The van der Waals surface area contributed by atoms with Crippen LogP contribution in [0.15, 0.2) is 0 Å². The summed E-state index contributed by atoms with van der Waals surface area (Å²) in [5.74, 6) is -1.17. The van der Waals surface area contributed by atoms with Gasteiger partial charge < -0.3 is 14.7 Å². The number of rotatable bonds is 10. The molecule has 0 aromatic heterocycles. The number of hydrogen-bond donors (Lipinski definition) is 1. The smallest absolute Gasteiger partial charge is 0.332 e. The van der Waals surface area contributed by atoms with Crippen LogP contribution in [0.3, 0.4) is 0 Å². The summed E-state index contributed by atoms with van der Waals surface area (Å²) in [6, 6.07) is 0. The zero-order chi connectivity index (χ0) is 14.0. The van der Waals surface area contributed by atoms with E-state index in [0.717, 1.165) is 38.8 Å². The van der Waals surface area contributed by atoms with Crippen LogP contribution in [0, 0.1) is 0 Å². The molecule has 0 aliphatic carbocycles. The molecule has 106 valence electrons. The molecule has 0 aromatic carbocycles. The van der Waals surface area contributed by atoms with E-state index in [4.69, 9.17) is 9.84 Å². The standard InChI is InChI=1S/C13H25NO4/c1-4-6-8-14(9-7-5-2)12(15)10-18-11(3)13(16)17/h11H,4-10H2,1-3H3,(H,16,17)/t11-/m1/s1. The second kappa shape index (κ2) is 9.88. The fourth-order valence-electron chi connectivity index (χ4n) is 1.42. The Kier molecular flexibility index (Phi) is 9.28. The molecule has 1 amide bonds. The SMILES string of the molecule is CCCCN(CCCC)C(=O)CO[C@H](C)C(=O)O. The maximum atomic E-state index is 11.9. The summed E-state index contributed by atoms with van der Waals surface area (Å²) in [6.45, 7) is 6.87. The van der Waals surface area contributed by atoms with Crippen molar-refractivity contribution in [1.82, 2.24) is 4.90 Å². The molecule has 0 spiro atoms. The summed E-state index contributed by atoms with van der Waals surface area (Å²) in [5, 5.41) is 8.67. The van der Waals surface area contributed by atoms with E-state index >= 15 is 0 Å². The van der Waals surface area contributed by atoms with Gasteiger partial charge in [0.25, 0.3) is 0 Å². The minimum absolute atomic E-state index is 0.120. The second-order valence-corrected chi connectivity index (χ2v) is 4.38. The van der Waals surface area contributed by atoms with E-state index in [1.165, 1.54) is 6.92 Å². The number of aliphatic carboxylic acids is 1. The Morgan fingerprint density at radius 3 is 2.06 bits per heavy atom. The largest absolute Gasteiger partial charge is 0.479 e. The summed E-state index contributed by atoms with van der Waals surface area (Å²) in [4.78, 5) is 24.2. The van der Waals surface area contributed by atoms with Crippen LogP contribution in [-0.4, -0.2) is 47.7 Å². The van der Waals surface area contributed by atoms with E-state index < -0.39 is 12.1 Å². The van der Waals surface area contributed by atoms with E-state index in [-0.39, 0.29) is 12.5 Å². The molecule has 0 saturated carbocycles. The van der Waals surface area contributed by atoms with Gasteiger partial charge in [-0.25, -0.2) is 4.79 Å². The first kappa shape index (κ1) is 16.9. The normalized spacial score (nSPS) is 12.2. The summed E-state index contributed by atoms with van der Waals surface area (Å²) < 4.78 is 5.02. The summed E-state index contributed by atoms with van der Waals surface area (Å²) in [5.41, 5.74) is 0. The molecule has 5 heteroatoms. The van der Waals surface area contributed by atoms with Gasteiger partial charge in [-0.3, -0.25) is 4.79 Å². The second-order valence-electron chi connectivity index (χ2n) is 4.38. The van der Waals surface area contributed by atoms with E-state index in [9.17, 15) is 9.59 Å². The zero-order valence-electron chi connectivity index (χ0n) is 11.6. The molecular weight excluding hydrogens is 234 g/mol. The van der Waals surface area contributed by atoms with Crippen molar-refractivity contribution in [2.75, 3.05) is 19.7 Å². The molecule has 0 unspecified atom stereocenters. The highest BCUT2D eigenvalue weighted by Crippen LogP contribution is 2.01. The highest BCUT2D eigenvalue weighted by molar-refractivity contribution is 5.78. The third-order valence-electron chi connectivity index (χ3n) is 2.72. The number of nitrogens with zero attached hydrogens (tertiary/aromatic N) is 1. The van der Waals surface area contributed by atoms with Crippen LogP contribution in [0.1, 0.15) is 46.5 Å². The van der Waals surface area contributed by atoms with Crippen molar-refractivity contribution in [2.45, 2.75) is 52.6 Å². The maximum absolute atomic E-state index is 11.9. The third kappa shape index (κ3) is 7.27. The molecule has 0 rings (SSSR count). The summed E-state index contributed by atoms with van der Waals surface area (Å²) in [7, 11) is 0. The number of hydrogen-bond acceptors (Lipinski definition) is 3. The van der Waals surface area contributed by atoms with E-state index in [1.807, 2.05) is 0 Å². The Balaban J connectivity index is 4.14. The first-order valence-corrected chi connectivity index (χ1v) is 6.65. The minimum Gasteiger partial charge on any atom is -0.479 e. The van der Waals surface area contributed by atoms with Crippen molar-refractivity contribution in [2.24, 2.45) is 0 Å². The topological polar surface area (TPSA) is 66.8 Å². The molecular formula is C13H25NO4. The van der Waals surface area contributed by atoms with Crippen molar-refractivity contribution in [3.8, 4) is 0 Å². The molecule has 0 fully saturated rings. The lowest BCUT2D eigenvalue weighted by Gasteiger charge is -2.22. The lowest BCUT2D eigenvalue weighted by Crippen LogP contribution is -2.37. The fourth-order valence-corrected chi connectivity index (χ4v) is 1.42. The van der Waals surface area contributed by atoms with Gasteiger partial charge in [0.15, 0.2) is 6.10 Å². The van der Waals surface area contributed by atoms with E-state index in [0.29, 0.717) is 0 Å². The summed E-state index contributed by atoms with van der Waals surface area (Å²) >= 11 is 0. The molecule has 0 heterocycles. The number of amides is 1. The Bertz CT molecular complexity index is 247. The molecule has 1 atom stereocenters. The lowest BCUT2D eigenvalue weighted by molar-refractivity contribution is -0.153. The highest BCUT2D eigenvalue weighted by Gasteiger charge is 2.17. The van der Waals surface area contributed by atoms with Crippen molar-refractivity contribution >= 4 is 11.9 Å².